The minimum atomic E-state index is -0.550. The highest BCUT2D eigenvalue weighted by atomic mass is 16.5. The molecule has 2 heterocycles. The van der Waals surface area contributed by atoms with Crippen molar-refractivity contribution in [3.63, 3.8) is 0 Å². The first-order chi connectivity index (χ1) is 13.2. The van der Waals surface area contributed by atoms with Crippen LogP contribution in [0.3, 0.4) is 0 Å². The van der Waals surface area contributed by atoms with Gasteiger partial charge in [-0.3, -0.25) is 14.8 Å². The van der Waals surface area contributed by atoms with Gasteiger partial charge in [-0.2, -0.15) is 0 Å². The number of hydrogen-bond donors (Lipinski definition) is 2. The Morgan fingerprint density at radius 3 is 2.30 bits per heavy atom. The van der Waals surface area contributed by atoms with Crippen LogP contribution in [0.15, 0.2) is 66.9 Å². The zero-order valence-corrected chi connectivity index (χ0v) is 14.6. The van der Waals surface area contributed by atoms with E-state index in [0.717, 1.165) is 16.8 Å². The van der Waals surface area contributed by atoms with Gasteiger partial charge in [0, 0.05) is 30.5 Å². The highest BCUT2D eigenvalue weighted by molar-refractivity contribution is 5.95. The van der Waals surface area contributed by atoms with Crippen LogP contribution in [-0.2, 0) is 13.1 Å². The van der Waals surface area contributed by atoms with E-state index in [-0.39, 0.29) is 5.91 Å². The summed E-state index contributed by atoms with van der Waals surface area (Å²) < 4.78 is 1.94. The van der Waals surface area contributed by atoms with Gasteiger partial charge in [0.05, 0.1) is 12.1 Å². The van der Waals surface area contributed by atoms with Crippen LogP contribution >= 0.6 is 0 Å². The van der Waals surface area contributed by atoms with Gasteiger partial charge in [-0.25, -0.2) is 5.48 Å². The van der Waals surface area contributed by atoms with Crippen LogP contribution in [0.5, 0.6) is 0 Å². The topological polar surface area (TPSA) is 74.6 Å². The lowest BCUT2D eigenvalue weighted by Gasteiger charge is -2.28. The molecule has 3 aromatic rings. The van der Waals surface area contributed by atoms with Crippen molar-refractivity contribution in [1.29, 1.82) is 0 Å². The summed E-state index contributed by atoms with van der Waals surface area (Å²) in [4.78, 5) is 26.2. The fraction of sp³-hybridized carbons (Fsp3) is 0.143. The summed E-state index contributed by atoms with van der Waals surface area (Å²) in [6, 6.07) is 19.3. The van der Waals surface area contributed by atoms with Crippen LogP contribution in [0.4, 0.5) is 0 Å². The van der Waals surface area contributed by atoms with E-state index in [1.165, 1.54) is 0 Å². The summed E-state index contributed by atoms with van der Waals surface area (Å²) in [5.41, 5.74) is 5.71. The number of nitrogens with one attached hydrogen (secondary N) is 1. The number of hydroxylamine groups is 1. The van der Waals surface area contributed by atoms with Gasteiger partial charge in [0.2, 0.25) is 0 Å². The van der Waals surface area contributed by atoms with E-state index >= 15 is 0 Å². The smallest absolute Gasteiger partial charge is 0.276 e. The molecule has 0 saturated carbocycles. The third kappa shape index (κ3) is 3.35. The van der Waals surface area contributed by atoms with Gasteiger partial charge in [0.25, 0.3) is 11.8 Å². The fourth-order valence-electron chi connectivity index (χ4n) is 3.38. The van der Waals surface area contributed by atoms with Crippen molar-refractivity contribution in [2.45, 2.75) is 13.1 Å². The first-order valence-corrected chi connectivity index (χ1v) is 8.74. The maximum absolute atomic E-state index is 12.9. The van der Waals surface area contributed by atoms with Gasteiger partial charge in [-0.1, -0.05) is 42.5 Å². The Hall–Kier alpha value is -3.38. The molecular weight excluding hydrogens is 342 g/mol. The molecule has 0 aliphatic carbocycles. The average Bonchev–Trinajstić information content (AvgIpc) is 3.17. The Balaban J connectivity index is 1.50. The second-order valence-electron chi connectivity index (χ2n) is 6.52. The zero-order valence-electron chi connectivity index (χ0n) is 14.6. The Morgan fingerprint density at radius 1 is 0.889 bits per heavy atom. The molecule has 0 bridgehead atoms. The Morgan fingerprint density at radius 2 is 1.59 bits per heavy atom. The fourth-order valence-corrected chi connectivity index (χ4v) is 3.38. The van der Waals surface area contributed by atoms with Gasteiger partial charge in [0.15, 0.2) is 0 Å². The molecule has 136 valence electrons. The van der Waals surface area contributed by atoms with Gasteiger partial charge < -0.3 is 9.47 Å². The van der Waals surface area contributed by atoms with Crippen LogP contribution in [-0.4, -0.2) is 33.0 Å². The summed E-state index contributed by atoms with van der Waals surface area (Å²) in [6.07, 6.45) is 1.69. The molecule has 6 heteroatoms. The highest BCUT2D eigenvalue weighted by Gasteiger charge is 2.23. The first-order valence-electron chi connectivity index (χ1n) is 8.74. The summed E-state index contributed by atoms with van der Waals surface area (Å²) >= 11 is 0. The summed E-state index contributed by atoms with van der Waals surface area (Å²) in [5.74, 6) is -0.582. The maximum atomic E-state index is 12.9. The molecule has 0 fully saturated rings. The van der Waals surface area contributed by atoms with Gasteiger partial charge in [0.1, 0.15) is 0 Å². The minimum absolute atomic E-state index is 0.0322. The van der Waals surface area contributed by atoms with E-state index in [9.17, 15) is 9.59 Å². The van der Waals surface area contributed by atoms with Crippen molar-refractivity contribution in [3.8, 4) is 11.1 Å². The molecule has 2 amide bonds. The van der Waals surface area contributed by atoms with Gasteiger partial charge in [-0.15, -0.1) is 0 Å². The van der Waals surface area contributed by atoms with E-state index in [1.54, 1.807) is 22.6 Å². The predicted octanol–water partition coefficient (Wildman–Crippen LogP) is 2.93. The summed E-state index contributed by atoms with van der Waals surface area (Å²) in [7, 11) is 0. The molecule has 0 saturated heterocycles. The lowest BCUT2D eigenvalue weighted by Crippen LogP contribution is -2.37. The maximum Gasteiger partial charge on any atom is 0.276 e. The van der Waals surface area contributed by atoms with Crippen molar-refractivity contribution < 1.29 is 14.8 Å². The molecule has 0 radical (unpaired) electrons. The second kappa shape index (κ2) is 7.09. The predicted molar refractivity (Wildman–Crippen MR) is 100 cm³/mol. The van der Waals surface area contributed by atoms with E-state index in [0.29, 0.717) is 30.8 Å². The van der Waals surface area contributed by atoms with Crippen molar-refractivity contribution in [2.75, 3.05) is 6.54 Å². The molecule has 1 aromatic heterocycles. The molecule has 4 rings (SSSR count). The number of hydrogen-bond acceptors (Lipinski definition) is 3. The Labute approximate surface area is 156 Å². The van der Waals surface area contributed by atoms with Crippen LogP contribution < -0.4 is 5.48 Å². The van der Waals surface area contributed by atoms with Crippen molar-refractivity contribution in [1.82, 2.24) is 14.9 Å². The lowest BCUT2D eigenvalue weighted by atomic mass is 10.0. The van der Waals surface area contributed by atoms with Gasteiger partial charge >= 0.3 is 0 Å². The number of fused-ring (bicyclic) bond motifs is 1. The molecule has 1 aliphatic rings. The molecule has 0 unspecified atom stereocenters. The van der Waals surface area contributed by atoms with Crippen molar-refractivity contribution in [3.05, 3.63) is 83.7 Å². The van der Waals surface area contributed by atoms with Crippen LogP contribution in [0.2, 0.25) is 0 Å². The van der Waals surface area contributed by atoms with E-state index in [1.807, 2.05) is 59.2 Å². The normalized spacial score (nSPS) is 13.1. The quantitative estimate of drug-likeness (QED) is 0.556. The summed E-state index contributed by atoms with van der Waals surface area (Å²) in [5, 5.41) is 8.77. The van der Waals surface area contributed by atoms with Gasteiger partial charge in [-0.05, 0) is 29.3 Å². The third-order valence-electron chi connectivity index (χ3n) is 4.84. The molecule has 1 aliphatic heterocycles. The zero-order chi connectivity index (χ0) is 18.8. The molecule has 2 N–H and O–H groups in total. The lowest BCUT2D eigenvalue weighted by molar-refractivity contribution is 0.0702. The van der Waals surface area contributed by atoms with E-state index < -0.39 is 5.91 Å². The van der Waals surface area contributed by atoms with Crippen molar-refractivity contribution in [2.24, 2.45) is 0 Å². The number of aromatic nitrogens is 1. The highest BCUT2D eigenvalue weighted by Crippen LogP contribution is 2.22. The number of carbonyl (C=O) groups is 2. The third-order valence-corrected chi connectivity index (χ3v) is 4.84. The van der Waals surface area contributed by atoms with Crippen LogP contribution in [0, 0.1) is 0 Å². The number of nitrogens with zero attached hydrogens (tertiary/aromatic N) is 2. The monoisotopic (exact) mass is 361 g/mol. The number of amides is 2. The van der Waals surface area contributed by atoms with Crippen molar-refractivity contribution >= 4 is 11.8 Å². The summed E-state index contributed by atoms with van der Waals surface area (Å²) in [6.45, 7) is 1.61. The minimum Gasteiger partial charge on any atom is -0.347 e. The Kier molecular flexibility index (Phi) is 4.48. The standard InChI is InChI=1S/C21H19N3O3/c25-20(22-27)18-12-19-14-24(11-10-23(19)13-18)21(26)17-8-6-16(7-9-17)15-4-2-1-3-5-15/h1-9,12-13,27H,10-11,14H2,(H,22,25). The largest absolute Gasteiger partial charge is 0.347 e. The molecule has 6 nitrogen and oxygen atoms in total. The van der Waals surface area contributed by atoms with E-state index in [4.69, 9.17) is 5.21 Å². The number of benzene rings is 2. The molecule has 0 spiro atoms. The molecule has 2 aromatic carbocycles. The molecule has 0 atom stereocenters. The SMILES string of the molecule is O=C(NO)c1cc2n(c1)CCN(C(=O)c1ccc(-c3ccccc3)cc1)C2. The average molecular weight is 361 g/mol. The molecule has 27 heavy (non-hydrogen) atoms. The molecular formula is C21H19N3O3. The number of carbonyl (C=O) groups excluding carboxylic acids is 2. The first kappa shape index (κ1) is 17.1. The van der Waals surface area contributed by atoms with Crippen LogP contribution in [0.1, 0.15) is 26.4 Å². The second-order valence-corrected chi connectivity index (χ2v) is 6.52. The Bertz CT molecular complexity index is 978. The van der Waals surface area contributed by atoms with Crippen LogP contribution in [0.25, 0.3) is 11.1 Å². The number of rotatable bonds is 3. The van der Waals surface area contributed by atoms with E-state index in [2.05, 4.69) is 0 Å².